The Balaban J connectivity index is 3.64. The van der Waals surface area contributed by atoms with Gasteiger partial charge in [0.15, 0.2) is 0 Å². The van der Waals surface area contributed by atoms with Crippen LogP contribution >= 0.6 is 11.8 Å². The first-order chi connectivity index (χ1) is 6.40. The van der Waals surface area contributed by atoms with Gasteiger partial charge in [0.1, 0.15) is 0 Å². The maximum absolute atomic E-state index is 12.4. The van der Waals surface area contributed by atoms with E-state index in [1.54, 1.807) is 0 Å². The number of thioether (sulfide) groups is 1. The van der Waals surface area contributed by atoms with E-state index in [0.29, 0.717) is 11.8 Å². The maximum atomic E-state index is 12.4. The van der Waals surface area contributed by atoms with E-state index in [9.17, 15) is 18.4 Å². The van der Waals surface area contributed by atoms with Crippen molar-refractivity contribution >= 4 is 23.7 Å². The molecule has 4 nitrogen and oxygen atoms in total. The van der Waals surface area contributed by atoms with Gasteiger partial charge in [0.2, 0.25) is 0 Å². The van der Waals surface area contributed by atoms with Gasteiger partial charge in [0, 0.05) is 5.75 Å². The summed E-state index contributed by atoms with van der Waals surface area (Å²) in [5.74, 6) is -7.10. The topological polar surface area (TPSA) is 63.6 Å². The number of hydrogen-bond donors (Lipinski definition) is 1. The van der Waals surface area contributed by atoms with E-state index in [-0.39, 0.29) is 12.2 Å². The molecule has 0 saturated carbocycles. The molecule has 0 spiro atoms. The van der Waals surface area contributed by atoms with Crippen molar-refractivity contribution in [3.05, 3.63) is 0 Å². The summed E-state index contributed by atoms with van der Waals surface area (Å²) in [6.07, 6.45) is -0.00311. The molecule has 0 aliphatic heterocycles. The summed E-state index contributed by atoms with van der Waals surface area (Å²) in [5.41, 5.74) is 0. The van der Waals surface area contributed by atoms with Crippen LogP contribution in [-0.4, -0.2) is 41.6 Å². The Morgan fingerprint density at radius 2 is 2.07 bits per heavy atom. The van der Waals surface area contributed by atoms with Crippen LogP contribution in [0.1, 0.15) is 6.42 Å². The highest BCUT2D eigenvalue weighted by molar-refractivity contribution is 7.99. The second-order valence-electron chi connectivity index (χ2n) is 2.39. The van der Waals surface area contributed by atoms with Crippen molar-refractivity contribution in [2.24, 2.45) is 0 Å². The summed E-state index contributed by atoms with van der Waals surface area (Å²) in [5, 5.41) is 8.04. The van der Waals surface area contributed by atoms with E-state index in [0.717, 1.165) is 0 Å². The third kappa shape index (κ3) is 5.00. The van der Waals surface area contributed by atoms with Crippen LogP contribution in [0.5, 0.6) is 0 Å². The van der Waals surface area contributed by atoms with Crippen molar-refractivity contribution in [2.45, 2.75) is 12.3 Å². The molecule has 0 aliphatic carbocycles. The van der Waals surface area contributed by atoms with Gasteiger partial charge in [-0.1, -0.05) is 0 Å². The minimum atomic E-state index is -3.74. The number of methoxy groups -OCH3 is 1. The molecule has 0 unspecified atom stereocenters. The van der Waals surface area contributed by atoms with Gasteiger partial charge in [-0.25, -0.2) is 4.79 Å². The molecule has 0 aromatic carbocycles. The molecular weight excluding hydrogens is 218 g/mol. The molecular formula is C7H10F2O4S. The number of carbonyl (C=O) groups is 2. The second kappa shape index (κ2) is 5.79. The fourth-order valence-corrected chi connectivity index (χ4v) is 1.35. The summed E-state index contributed by atoms with van der Waals surface area (Å²) in [4.78, 5) is 20.5. The molecule has 0 atom stereocenters. The van der Waals surface area contributed by atoms with Crippen molar-refractivity contribution in [3.8, 4) is 0 Å². The highest BCUT2D eigenvalue weighted by Gasteiger charge is 2.38. The zero-order valence-electron chi connectivity index (χ0n) is 7.46. The van der Waals surface area contributed by atoms with E-state index in [1.165, 1.54) is 7.11 Å². The molecule has 0 aliphatic rings. The lowest BCUT2D eigenvalue weighted by Gasteiger charge is -2.09. The number of hydrogen-bond acceptors (Lipinski definition) is 4. The Morgan fingerprint density at radius 3 is 2.50 bits per heavy atom. The number of carbonyl (C=O) groups excluding carboxylic acids is 1. The standard InChI is InChI=1S/C7H10F2O4S/c1-13-5(10)2-3-14-4-7(8,9)6(11)12/h2-4H2,1H3,(H,11,12). The van der Waals surface area contributed by atoms with E-state index in [1.807, 2.05) is 0 Å². The van der Waals surface area contributed by atoms with Gasteiger partial charge in [-0.2, -0.15) is 20.5 Å². The van der Waals surface area contributed by atoms with Gasteiger partial charge in [0.05, 0.1) is 19.3 Å². The number of rotatable bonds is 6. The summed E-state index contributed by atoms with van der Waals surface area (Å²) in [6, 6.07) is 0. The maximum Gasteiger partial charge on any atom is 0.375 e. The van der Waals surface area contributed by atoms with E-state index in [4.69, 9.17) is 5.11 Å². The Bertz CT molecular complexity index is 220. The molecule has 0 aromatic rings. The lowest BCUT2D eigenvalue weighted by atomic mass is 10.4. The van der Waals surface area contributed by atoms with Gasteiger partial charge < -0.3 is 9.84 Å². The van der Waals surface area contributed by atoms with Gasteiger partial charge in [0.25, 0.3) is 0 Å². The monoisotopic (exact) mass is 228 g/mol. The number of aliphatic carboxylic acids is 1. The molecule has 0 bridgehead atoms. The van der Waals surface area contributed by atoms with E-state index >= 15 is 0 Å². The summed E-state index contributed by atoms with van der Waals surface area (Å²) in [6.45, 7) is 0. The van der Waals surface area contributed by atoms with Crippen molar-refractivity contribution < 1.29 is 28.2 Å². The quantitative estimate of drug-likeness (QED) is 0.542. The lowest BCUT2D eigenvalue weighted by molar-refractivity contribution is -0.161. The highest BCUT2D eigenvalue weighted by atomic mass is 32.2. The van der Waals surface area contributed by atoms with Crippen LogP contribution in [0.25, 0.3) is 0 Å². The molecule has 0 saturated heterocycles. The molecule has 0 fully saturated rings. The van der Waals surface area contributed by atoms with Crippen molar-refractivity contribution in [1.82, 2.24) is 0 Å². The van der Waals surface area contributed by atoms with Gasteiger partial charge in [-0.05, 0) is 0 Å². The van der Waals surface area contributed by atoms with E-state index in [2.05, 4.69) is 4.74 Å². The predicted molar refractivity (Wildman–Crippen MR) is 46.5 cm³/mol. The van der Waals surface area contributed by atoms with Crippen LogP contribution < -0.4 is 0 Å². The molecule has 14 heavy (non-hydrogen) atoms. The summed E-state index contributed by atoms with van der Waals surface area (Å²) < 4.78 is 29.1. The summed E-state index contributed by atoms with van der Waals surface area (Å²) in [7, 11) is 1.19. The SMILES string of the molecule is COC(=O)CCSCC(F)(F)C(=O)O. The molecule has 0 aromatic heterocycles. The number of alkyl halides is 2. The average molecular weight is 228 g/mol. The van der Waals surface area contributed by atoms with Gasteiger partial charge in [-0.3, -0.25) is 4.79 Å². The minimum Gasteiger partial charge on any atom is -0.477 e. The van der Waals surface area contributed by atoms with E-state index < -0.39 is 23.6 Å². The Morgan fingerprint density at radius 1 is 1.50 bits per heavy atom. The normalized spacial score (nSPS) is 11.1. The molecule has 0 heterocycles. The van der Waals surface area contributed by atoms with Crippen LogP contribution in [0.2, 0.25) is 0 Å². The van der Waals surface area contributed by atoms with Gasteiger partial charge >= 0.3 is 17.9 Å². The van der Waals surface area contributed by atoms with Crippen molar-refractivity contribution in [2.75, 3.05) is 18.6 Å². The van der Waals surface area contributed by atoms with Gasteiger partial charge in [-0.15, -0.1) is 0 Å². The Kier molecular flexibility index (Phi) is 5.44. The molecule has 0 rings (SSSR count). The fraction of sp³-hybridized carbons (Fsp3) is 0.714. The molecule has 82 valence electrons. The number of halogens is 2. The number of esters is 1. The second-order valence-corrected chi connectivity index (χ2v) is 3.49. The smallest absolute Gasteiger partial charge is 0.375 e. The number of carboxylic acids is 1. The van der Waals surface area contributed by atoms with Crippen molar-refractivity contribution in [3.63, 3.8) is 0 Å². The molecule has 0 radical (unpaired) electrons. The predicted octanol–water partition coefficient (Wildman–Crippen LogP) is 1.00. The highest BCUT2D eigenvalue weighted by Crippen LogP contribution is 2.20. The van der Waals surface area contributed by atoms with Crippen LogP contribution in [0.15, 0.2) is 0 Å². The first-order valence-electron chi connectivity index (χ1n) is 3.66. The molecule has 7 heteroatoms. The molecule has 1 N–H and O–H groups in total. The minimum absolute atomic E-state index is 0.00311. The average Bonchev–Trinajstić information content (AvgIpc) is 2.11. The third-order valence-electron chi connectivity index (χ3n) is 1.27. The first-order valence-corrected chi connectivity index (χ1v) is 4.81. The first kappa shape index (κ1) is 13.2. The van der Waals surface area contributed by atoms with Crippen LogP contribution in [0.4, 0.5) is 8.78 Å². The fourth-order valence-electron chi connectivity index (χ4n) is 0.520. The van der Waals surface area contributed by atoms with Crippen LogP contribution in [0, 0.1) is 0 Å². The Labute approximate surface area is 83.6 Å². The largest absolute Gasteiger partial charge is 0.477 e. The Hall–Kier alpha value is -0.850. The molecule has 0 amide bonds. The zero-order chi connectivity index (χ0) is 11.2. The van der Waals surface area contributed by atoms with Crippen LogP contribution in [0.3, 0.4) is 0 Å². The number of ether oxygens (including phenoxy) is 1. The number of carboxylic acid groups (broad SMARTS) is 1. The lowest BCUT2D eigenvalue weighted by Crippen LogP contribution is -2.31. The third-order valence-corrected chi connectivity index (χ3v) is 2.33. The van der Waals surface area contributed by atoms with Crippen molar-refractivity contribution in [1.29, 1.82) is 0 Å². The zero-order valence-corrected chi connectivity index (χ0v) is 8.27. The summed E-state index contributed by atoms with van der Waals surface area (Å²) >= 11 is 0.701. The van der Waals surface area contributed by atoms with Crippen LogP contribution in [-0.2, 0) is 14.3 Å².